The molecule has 0 N–H and O–H groups in total. The lowest BCUT2D eigenvalue weighted by molar-refractivity contribution is -0.0509. The van der Waals surface area contributed by atoms with Crippen molar-refractivity contribution >= 4 is 57.1 Å². The molecule has 8 nitrogen and oxygen atoms in total. The number of carbonyl (C=O) groups excluding carboxylic acids is 1. The number of carbonyl (C=O) groups is 1. The van der Waals surface area contributed by atoms with E-state index in [2.05, 4.69) is 15.0 Å². The van der Waals surface area contributed by atoms with E-state index in [0.29, 0.717) is 16.7 Å². The molecule has 162 valence electrons. The third-order valence-corrected chi connectivity index (χ3v) is 5.94. The van der Waals surface area contributed by atoms with E-state index < -0.39 is 30.6 Å². The highest BCUT2D eigenvalue weighted by Gasteiger charge is 2.49. The molecule has 1 saturated heterocycles. The van der Waals surface area contributed by atoms with Crippen LogP contribution in [0.4, 0.5) is 4.39 Å². The molecule has 0 aliphatic carbocycles. The summed E-state index contributed by atoms with van der Waals surface area (Å²) in [6, 6.07) is 8.47. The summed E-state index contributed by atoms with van der Waals surface area (Å²) in [5.41, 5.74) is 0.995. The van der Waals surface area contributed by atoms with Crippen molar-refractivity contribution in [1.82, 2.24) is 19.5 Å². The summed E-state index contributed by atoms with van der Waals surface area (Å²) in [4.78, 5) is 24.4. The van der Waals surface area contributed by atoms with Crippen LogP contribution in [0.2, 0.25) is 5.15 Å². The maximum Gasteiger partial charge on any atom is 0.338 e. The number of halogens is 2. The number of esters is 1. The minimum atomic E-state index is -1.64. The fraction of sp³-hybridized carbons (Fsp3) is 0.316. The Balaban J connectivity index is 1.56. The molecule has 0 unspecified atom stereocenters. The number of aromatic nitrogens is 4. The number of thioether (sulfide) groups is 1. The Labute approximate surface area is 191 Å². The molecule has 3 heterocycles. The standard InChI is InChI=1S/C19H16ClFN4O4S2/c1-31-19(30)29-14-11(7-27-18(26)10-5-3-2-4-6-10)28-17(12(14)21)25-9-24-13-15(20)22-8-23-16(13)25/h2-6,8-9,11-12,14,17H,7H2,1H3/t11-,12+,14-,17-/m1/s1. The number of nitrogens with zero attached hydrogens (tertiary/aromatic N) is 4. The van der Waals surface area contributed by atoms with Crippen LogP contribution in [0.5, 0.6) is 0 Å². The monoisotopic (exact) mass is 482 g/mol. The van der Waals surface area contributed by atoms with Gasteiger partial charge in [-0.2, -0.15) is 0 Å². The van der Waals surface area contributed by atoms with Gasteiger partial charge in [-0.3, -0.25) is 4.57 Å². The van der Waals surface area contributed by atoms with Crippen molar-refractivity contribution in [2.75, 3.05) is 12.9 Å². The molecule has 1 fully saturated rings. The molecule has 12 heteroatoms. The van der Waals surface area contributed by atoms with Crippen molar-refractivity contribution in [2.24, 2.45) is 0 Å². The van der Waals surface area contributed by atoms with Crippen molar-refractivity contribution in [2.45, 2.75) is 24.6 Å². The normalized spacial score (nSPS) is 23.1. The highest BCUT2D eigenvalue weighted by atomic mass is 35.5. The topological polar surface area (TPSA) is 88.4 Å². The van der Waals surface area contributed by atoms with Crippen LogP contribution in [0.25, 0.3) is 11.2 Å². The molecule has 1 aliphatic rings. The van der Waals surface area contributed by atoms with E-state index in [1.807, 2.05) is 0 Å². The number of rotatable bonds is 5. The number of ether oxygens (including phenoxy) is 3. The molecule has 1 aromatic carbocycles. The van der Waals surface area contributed by atoms with Gasteiger partial charge in [-0.25, -0.2) is 24.1 Å². The van der Waals surface area contributed by atoms with Crippen LogP contribution < -0.4 is 0 Å². The average molecular weight is 483 g/mol. The Morgan fingerprint density at radius 3 is 2.84 bits per heavy atom. The number of benzene rings is 1. The van der Waals surface area contributed by atoms with Crippen molar-refractivity contribution in [3.63, 3.8) is 0 Å². The van der Waals surface area contributed by atoms with Crippen molar-refractivity contribution in [3.05, 3.63) is 53.7 Å². The number of hydrogen-bond acceptors (Lipinski definition) is 9. The summed E-state index contributed by atoms with van der Waals surface area (Å²) in [7, 11) is 0. The summed E-state index contributed by atoms with van der Waals surface area (Å²) in [5, 5.41) is 0.141. The highest BCUT2D eigenvalue weighted by molar-refractivity contribution is 8.22. The van der Waals surface area contributed by atoms with E-state index >= 15 is 4.39 Å². The number of alkyl halides is 1. The lowest BCUT2D eigenvalue weighted by atomic mass is 10.1. The van der Waals surface area contributed by atoms with Gasteiger partial charge in [-0.15, -0.1) is 0 Å². The lowest BCUT2D eigenvalue weighted by Crippen LogP contribution is -2.36. The van der Waals surface area contributed by atoms with Gasteiger partial charge in [0, 0.05) is 0 Å². The Morgan fingerprint density at radius 1 is 1.32 bits per heavy atom. The molecule has 4 rings (SSSR count). The molecule has 0 radical (unpaired) electrons. The molecular weight excluding hydrogens is 467 g/mol. The summed E-state index contributed by atoms with van der Waals surface area (Å²) in [6.07, 6.45) is -0.444. The van der Waals surface area contributed by atoms with E-state index in [-0.39, 0.29) is 16.1 Å². The zero-order chi connectivity index (χ0) is 22.0. The fourth-order valence-electron chi connectivity index (χ4n) is 3.18. The van der Waals surface area contributed by atoms with E-state index in [0.717, 1.165) is 11.8 Å². The molecule has 0 amide bonds. The first-order chi connectivity index (χ1) is 15.0. The van der Waals surface area contributed by atoms with Crippen LogP contribution in [0.15, 0.2) is 43.0 Å². The summed E-state index contributed by atoms with van der Waals surface area (Å²) in [6.45, 7) is -0.228. The minimum absolute atomic E-state index is 0.141. The SMILES string of the molecule is CSC(=S)O[C@H]1[C@H](F)[C@H](n2cnc3c(Cl)ncnc32)O[C@@H]1COC(=O)c1ccccc1. The van der Waals surface area contributed by atoms with Crippen molar-refractivity contribution in [3.8, 4) is 0 Å². The summed E-state index contributed by atoms with van der Waals surface area (Å²) in [5.74, 6) is -0.554. The lowest BCUT2D eigenvalue weighted by Gasteiger charge is -2.20. The zero-order valence-corrected chi connectivity index (χ0v) is 18.4. The number of hydrogen-bond donors (Lipinski definition) is 0. The predicted octanol–water partition coefficient (Wildman–Crippen LogP) is 3.61. The zero-order valence-electron chi connectivity index (χ0n) is 16.1. The summed E-state index contributed by atoms with van der Waals surface area (Å²) >= 11 is 12.3. The molecule has 4 atom stereocenters. The number of thiocarbonyl (C=S) groups is 1. The predicted molar refractivity (Wildman–Crippen MR) is 117 cm³/mol. The second-order valence-electron chi connectivity index (χ2n) is 6.50. The minimum Gasteiger partial charge on any atom is -0.469 e. The quantitative estimate of drug-likeness (QED) is 0.307. The third-order valence-electron chi connectivity index (χ3n) is 4.64. The van der Waals surface area contributed by atoms with Crippen LogP contribution in [-0.4, -0.2) is 61.1 Å². The first-order valence-corrected chi connectivity index (χ1v) is 11.1. The van der Waals surface area contributed by atoms with Gasteiger partial charge in [-0.1, -0.05) is 41.6 Å². The number of imidazole rings is 1. The fourth-order valence-corrected chi connectivity index (χ4v) is 3.67. The molecule has 3 aromatic rings. The maximum absolute atomic E-state index is 15.5. The van der Waals surface area contributed by atoms with Crippen LogP contribution in [0.1, 0.15) is 16.6 Å². The maximum atomic E-state index is 15.5. The van der Waals surface area contributed by atoms with Crippen molar-refractivity contribution in [1.29, 1.82) is 0 Å². The molecule has 0 spiro atoms. The Morgan fingerprint density at radius 2 is 2.10 bits per heavy atom. The van der Waals surface area contributed by atoms with E-state index in [9.17, 15) is 4.79 Å². The molecule has 0 saturated carbocycles. The average Bonchev–Trinajstić information content (AvgIpc) is 3.35. The second kappa shape index (κ2) is 9.43. The molecule has 0 bridgehead atoms. The summed E-state index contributed by atoms with van der Waals surface area (Å²) < 4.78 is 33.8. The smallest absolute Gasteiger partial charge is 0.338 e. The largest absolute Gasteiger partial charge is 0.469 e. The van der Waals surface area contributed by atoms with Gasteiger partial charge >= 0.3 is 5.97 Å². The molecule has 1 aliphatic heterocycles. The highest BCUT2D eigenvalue weighted by Crippen LogP contribution is 2.36. The van der Waals surface area contributed by atoms with Gasteiger partial charge in [0.1, 0.15) is 24.6 Å². The Bertz CT molecular complexity index is 1100. The van der Waals surface area contributed by atoms with Crippen molar-refractivity contribution < 1.29 is 23.4 Å². The first kappa shape index (κ1) is 21.9. The van der Waals surface area contributed by atoms with Crippen LogP contribution in [0.3, 0.4) is 0 Å². The van der Waals surface area contributed by atoms with Gasteiger partial charge in [0.15, 0.2) is 29.3 Å². The second-order valence-corrected chi connectivity index (χ2v) is 8.27. The van der Waals surface area contributed by atoms with Gasteiger partial charge in [0.2, 0.25) is 4.38 Å². The molecule has 2 aromatic heterocycles. The Hall–Kier alpha value is -2.34. The van der Waals surface area contributed by atoms with E-state index in [1.54, 1.807) is 36.6 Å². The molecular formula is C19H16ClFN4O4S2. The van der Waals surface area contributed by atoms with Crippen LogP contribution >= 0.6 is 35.6 Å². The number of fused-ring (bicyclic) bond motifs is 1. The first-order valence-electron chi connectivity index (χ1n) is 9.09. The van der Waals surface area contributed by atoms with Gasteiger partial charge in [0.25, 0.3) is 0 Å². The van der Waals surface area contributed by atoms with Gasteiger partial charge < -0.3 is 14.2 Å². The molecule has 31 heavy (non-hydrogen) atoms. The van der Waals surface area contributed by atoms with Gasteiger partial charge in [-0.05, 0) is 30.6 Å². The van der Waals surface area contributed by atoms with E-state index in [1.165, 1.54) is 17.2 Å². The van der Waals surface area contributed by atoms with Crippen LogP contribution in [-0.2, 0) is 14.2 Å². The van der Waals surface area contributed by atoms with Gasteiger partial charge in [0.05, 0.1) is 11.9 Å². The Kier molecular flexibility index (Phi) is 6.65. The third kappa shape index (κ3) is 4.49. The van der Waals surface area contributed by atoms with Crippen LogP contribution in [0, 0.1) is 0 Å². The van der Waals surface area contributed by atoms with E-state index in [4.69, 9.17) is 38.0 Å².